The Hall–Kier alpha value is -0.170. The molecule has 2 rings (SSSR count). The topological polar surface area (TPSA) is 58.6 Å². The second kappa shape index (κ2) is 7.02. The minimum Gasteiger partial charge on any atom is -0.377 e. The molecule has 2 atom stereocenters. The zero-order valence-electron chi connectivity index (χ0n) is 11.8. The lowest BCUT2D eigenvalue weighted by atomic mass is 10.1. The van der Waals surface area contributed by atoms with Crippen LogP contribution >= 0.6 is 0 Å². The number of hydrogen-bond acceptors (Lipinski definition) is 5. The summed E-state index contributed by atoms with van der Waals surface area (Å²) in [5.74, 6) is 0.664. The minimum atomic E-state index is -2.79. The smallest absolute Gasteiger partial charge is 0.151 e. The van der Waals surface area contributed by atoms with E-state index in [9.17, 15) is 8.42 Å². The average molecular weight is 290 g/mol. The molecule has 5 nitrogen and oxygen atoms in total. The van der Waals surface area contributed by atoms with Crippen molar-refractivity contribution in [2.75, 3.05) is 44.3 Å². The number of nitrogens with one attached hydrogen (secondary N) is 1. The van der Waals surface area contributed by atoms with E-state index in [1.165, 1.54) is 6.42 Å². The maximum absolute atomic E-state index is 11.5. The third-order valence-electron chi connectivity index (χ3n) is 4.07. The van der Waals surface area contributed by atoms with Crippen LogP contribution in [0.5, 0.6) is 0 Å². The predicted molar refractivity (Wildman–Crippen MR) is 76.1 cm³/mol. The van der Waals surface area contributed by atoms with Crippen LogP contribution in [0.2, 0.25) is 0 Å². The van der Waals surface area contributed by atoms with E-state index in [-0.39, 0.29) is 0 Å². The normalized spacial score (nSPS) is 30.1. The molecule has 6 heteroatoms. The van der Waals surface area contributed by atoms with Crippen LogP contribution in [0.15, 0.2) is 0 Å². The van der Waals surface area contributed by atoms with Crippen molar-refractivity contribution in [1.29, 1.82) is 0 Å². The predicted octanol–water partition coefficient (Wildman–Crippen LogP) is 0.264. The quantitative estimate of drug-likeness (QED) is 0.787. The highest BCUT2D eigenvalue weighted by molar-refractivity contribution is 7.91. The van der Waals surface area contributed by atoms with Gasteiger partial charge < -0.3 is 15.0 Å². The molecule has 2 fully saturated rings. The summed E-state index contributed by atoms with van der Waals surface area (Å²) in [6, 6.07) is 0.387. The fourth-order valence-electron chi connectivity index (χ4n) is 2.79. The second-order valence-corrected chi connectivity index (χ2v) is 7.94. The molecule has 2 saturated heterocycles. The molecule has 2 aliphatic heterocycles. The highest BCUT2D eigenvalue weighted by Gasteiger charge is 2.22. The van der Waals surface area contributed by atoms with Crippen molar-refractivity contribution < 1.29 is 13.2 Å². The minimum absolute atomic E-state index is 0.314. The van der Waals surface area contributed by atoms with Gasteiger partial charge in [0.25, 0.3) is 0 Å². The van der Waals surface area contributed by atoms with Crippen molar-refractivity contribution in [2.45, 2.75) is 38.3 Å². The Morgan fingerprint density at radius 2 is 2.16 bits per heavy atom. The van der Waals surface area contributed by atoms with Gasteiger partial charge in [-0.3, -0.25) is 0 Å². The van der Waals surface area contributed by atoms with E-state index in [2.05, 4.69) is 17.1 Å². The number of sulfone groups is 1. The Morgan fingerprint density at radius 1 is 1.32 bits per heavy atom. The van der Waals surface area contributed by atoms with Crippen molar-refractivity contribution in [3.63, 3.8) is 0 Å². The second-order valence-electron chi connectivity index (χ2n) is 5.64. The van der Waals surface area contributed by atoms with Gasteiger partial charge in [0.15, 0.2) is 9.84 Å². The molecule has 0 aromatic carbocycles. The Balaban J connectivity index is 1.65. The number of ether oxygens (including phenoxy) is 1. The molecule has 2 unspecified atom stereocenters. The van der Waals surface area contributed by atoms with Gasteiger partial charge in [-0.05, 0) is 32.7 Å². The highest BCUT2D eigenvalue weighted by atomic mass is 32.2. The lowest BCUT2D eigenvalue weighted by Gasteiger charge is -2.23. The largest absolute Gasteiger partial charge is 0.377 e. The zero-order chi connectivity index (χ0) is 13.7. The van der Waals surface area contributed by atoms with Gasteiger partial charge in [-0.15, -0.1) is 0 Å². The van der Waals surface area contributed by atoms with Crippen molar-refractivity contribution in [3.05, 3.63) is 0 Å². The van der Waals surface area contributed by atoms with Gasteiger partial charge >= 0.3 is 0 Å². The molecule has 0 bridgehead atoms. The maximum atomic E-state index is 11.5. The molecular weight excluding hydrogens is 264 g/mol. The fraction of sp³-hybridized carbons (Fsp3) is 1.00. The fourth-order valence-corrected chi connectivity index (χ4v) is 4.10. The van der Waals surface area contributed by atoms with Crippen LogP contribution in [-0.2, 0) is 14.6 Å². The lowest BCUT2D eigenvalue weighted by Crippen LogP contribution is -2.42. The van der Waals surface area contributed by atoms with Gasteiger partial charge in [-0.2, -0.15) is 0 Å². The summed E-state index contributed by atoms with van der Waals surface area (Å²) in [6.07, 6.45) is 3.44. The third-order valence-corrected chi connectivity index (χ3v) is 5.78. The van der Waals surface area contributed by atoms with Crippen LogP contribution in [0, 0.1) is 0 Å². The van der Waals surface area contributed by atoms with Crippen LogP contribution < -0.4 is 5.32 Å². The summed E-state index contributed by atoms with van der Waals surface area (Å²) >= 11 is 0. The van der Waals surface area contributed by atoms with Crippen LogP contribution in [0.3, 0.4) is 0 Å². The molecule has 2 aliphatic rings. The first-order valence-electron chi connectivity index (χ1n) is 7.34. The SMILES string of the molecule is CC(NCCN1CCCS(=O)(=O)CC1)C1CCCO1. The van der Waals surface area contributed by atoms with E-state index < -0.39 is 9.84 Å². The van der Waals surface area contributed by atoms with Crippen LogP contribution in [0.25, 0.3) is 0 Å². The van der Waals surface area contributed by atoms with Crippen molar-refractivity contribution >= 4 is 9.84 Å². The van der Waals surface area contributed by atoms with E-state index in [1.807, 2.05) is 0 Å². The Labute approximate surface area is 116 Å². The number of hydrogen-bond donors (Lipinski definition) is 1. The first kappa shape index (κ1) is 15.2. The van der Waals surface area contributed by atoms with Crippen molar-refractivity contribution in [1.82, 2.24) is 10.2 Å². The van der Waals surface area contributed by atoms with Gasteiger partial charge in [-0.25, -0.2) is 8.42 Å². The lowest BCUT2D eigenvalue weighted by molar-refractivity contribution is 0.0827. The van der Waals surface area contributed by atoms with Gasteiger partial charge in [-0.1, -0.05) is 0 Å². The van der Waals surface area contributed by atoms with Crippen molar-refractivity contribution in [3.8, 4) is 0 Å². The first-order valence-corrected chi connectivity index (χ1v) is 9.17. The summed E-state index contributed by atoms with van der Waals surface area (Å²) in [6.45, 7) is 6.46. The molecule has 0 aliphatic carbocycles. The van der Waals surface area contributed by atoms with Crippen LogP contribution in [-0.4, -0.2) is 69.8 Å². The summed E-state index contributed by atoms with van der Waals surface area (Å²) < 4.78 is 28.7. The summed E-state index contributed by atoms with van der Waals surface area (Å²) in [4.78, 5) is 2.25. The standard InChI is InChI=1S/C13H26N2O3S/c1-12(13-4-2-9-18-13)14-5-7-15-6-3-10-19(16,17)11-8-15/h12-14H,2-11H2,1H3. The third kappa shape index (κ3) is 5.02. The average Bonchev–Trinajstić information content (AvgIpc) is 2.83. The van der Waals surface area contributed by atoms with Crippen LogP contribution in [0.4, 0.5) is 0 Å². The molecule has 0 saturated carbocycles. The Kier molecular flexibility index (Phi) is 5.62. The maximum Gasteiger partial charge on any atom is 0.151 e. The van der Waals surface area contributed by atoms with Gasteiger partial charge in [0.2, 0.25) is 0 Å². The summed E-state index contributed by atoms with van der Waals surface area (Å²) in [5, 5.41) is 3.50. The van der Waals surface area contributed by atoms with E-state index in [4.69, 9.17) is 4.74 Å². The molecule has 1 N–H and O–H groups in total. The molecule has 0 amide bonds. The number of nitrogens with zero attached hydrogens (tertiary/aromatic N) is 1. The molecule has 19 heavy (non-hydrogen) atoms. The molecule has 0 radical (unpaired) electrons. The zero-order valence-corrected chi connectivity index (χ0v) is 12.6. The Morgan fingerprint density at radius 3 is 2.89 bits per heavy atom. The molecule has 2 heterocycles. The molecular formula is C13H26N2O3S. The summed E-state index contributed by atoms with van der Waals surface area (Å²) in [7, 11) is -2.79. The van der Waals surface area contributed by atoms with Gasteiger partial charge in [0.05, 0.1) is 17.6 Å². The van der Waals surface area contributed by atoms with Crippen molar-refractivity contribution in [2.24, 2.45) is 0 Å². The summed E-state index contributed by atoms with van der Waals surface area (Å²) in [5.41, 5.74) is 0. The molecule has 0 aromatic heterocycles. The highest BCUT2D eigenvalue weighted by Crippen LogP contribution is 2.15. The van der Waals surface area contributed by atoms with E-state index in [0.29, 0.717) is 30.2 Å². The molecule has 0 aromatic rings. The monoisotopic (exact) mass is 290 g/mol. The Bertz CT molecular complexity index is 366. The van der Waals surface area contributed by atoms with E-state index >= 15 is 0 Å². The molecule has 0 spiro atoms. The van der Waals surface area contributed by atoms with Crippen LogP contribution in [0.1, 0.15) is 26.2 Å². The van der Waals surface area contributed by atoms with E-state index in [1.54, 1.807) is 0 Å². The van der Waals surface area contributed by atoms with E-state index in [0.717, 1.165) is 39.1 Å². The molecule has 112 valence electrons. The first-order chi connectivity index (χ1) is 9.07. The van der Waals surface area contributed by atoms with Gasteiger partial charge in [0.1, 0.15) is 0 Å². The van der Waals surface area contributed by atoms with Gasteiger partial charge in [0, 0.05) is 32.3 Å². The number of rotatable bonds is 5.